The Morgan fingerprint density at radius 2 is 1.77 bits per heavy atom. The van der Waals surface area contributed by atoms with Crippen molar-refractivity contribution in [1.29, 1.82) is 0 Å². The van der Waals surface area contributed by atoms with Gasteiger partial charge in [0.1, 0.15) is 0 Å². The van der Waals surface area contributed by atoms with Crippen LogP contribution in [0.15, 0.2) is 60.8 Å². The molecular weight excluding hydrogens is 370 g/mol. The third kappa shape index (κ3) is 3.11. The Kier molecular flexibility index (Phi) is 4.65. The van der Waals surface area contributed by atoms with Gasteiger partial charge in [-0.3, -0.25) is 4.79 Å². The molecule has 0 aliphatic carbocycles. The Hall–Kier alpha value is -3.01. The Morgan fingerprint density at radius 3 is 2.53 bits per heavy atom. The van der Waals surface area contributed by atoms with Crippen molar-refractivity contribution in [3.63, 3.8) is 0 Å². The van der Waals surface area contributed by atoms with Crippen molar-refractivity contribution in [3.8, 4) is 5.69 Å². The number of anilines is 1. The average Bonchev–Trinajstić information content (AvgIpc) is 3.27. The van der Waals surface area contributed by atoms with Crippen molar-refractivity contribution < 1.29 is 4.79 Å². The Balaban J connectivity index is 1.32. The zero-order chi connectivity index (χ0) is 20.7. The summed E-state index contributed by atoms with van der Waals surface area (Å²) in [7, 11) is 0. The van der Waals surface area contributed by atoms with Crippen LogP contribution < -0.4 is 5.32 Å². The SMILES string of the molecule is Cc1ccc2c(c1C)-n1cccc1C1(CCN(C(=O)CCc3ccccc3)CC1)N2. The molecule has 2 aromatic carbocycles. The first-order valence-electron chi connectivity index (χ1n) is 11.0. The van der Waals surface area contributed by atoms with E-state index in [0.717, 1.165) is 32.4 Å². The van der Waals surface area contributed by atoms with Gasteiger partial charge < -0.3 is 14.8 Å². The van der Waals surface area contributed by atoms with E-state index >= 15 is 0 Å². The number of aromatic nitrogens is 1. The van der Waals surface area contributed by atoms with E-state index in [1.165, 1.54) is 33.8 Å². The summed E-state index contributed by atoms with van der Waals surface area (Å²) >= 11 is 0. The van der Waals surface area contributed by atoms with Crippen molar-refractivity contribution in [2.45, 2.75) is 45.1 Å². The van der Waals surface area contributed by atoms with Crippen molar-refractivity contribution in [3.05, 3.63) is 83.2 Å². The molecule has 5 rings (SSSR count). The van der Waals surface area contributed by atoms with E-state index in [2.05, 4.69) is 71.2 Å². The molecule has 1 saturated heterocycles. The topological polar surface area (TPSA) is 37.3 Å². The van der Waals surface area contributed by atoms with Gasteiger partial charge in [0, 0.05) is 31.4 Å². The molecule has 0 saturated carbocycles. The highest BCUT2D eigenvalue weighted by Gasteiger charge is 2.42. The molecule has 0 atom stereocenters. The minimum atomic E-state index is -0.103. The van der Waals surface area contributed by atoms with Gasteiger partial charge in [0.2, 0.25) is 5.91 Å². The van der Waals surface area contributed by atoms with Gasteiger partial charge in [-0.25, -0.2) is 0 Å². The van der Waals surface area contributed by atoms with Crippen LogP contribution in [0.4, 0.5) is 5.69 Å². The van der Waals surface area contributed by atoms with Crippen molar-refractivity contribution in [2.75, 3.05) is 18.4 Å². The second-order valence-corrected chi connectivity index (χ2v) is 8.74. The lowest BCUT2D eigenvalue weighted by molar-refractivity contribution is -0.132. The monoisotopic (exact) mass is 399 g/mol. The van der Waals surface area contributed by atoms with Gasteiger partial charge in [-0.05, 0) is 68.0 Å². The number of nitrogens with one attached hydrogen (secondary N) is 1. The summed E-state index contributed by atoms with van der Waals surface area (Å²) in [6.45, 7) is 5.96. The summed E-state index contributed by atoms with van der Waals surface area (Å²) in [6, 6.07) is 19.1. The van der Waals surface area contributed by atoms with Crippen LogP contribution in [0.1, 0.15) is 41.6 Å². The molecule has 0 radical (unpaired) electrons. The van der Waals surface area contributed by atoms with Crippen LogP contribution in [0.25, 0.3) is 5.69 Å². The Bertz CT molecular complexity index is 1070. The van der Waals surface area contributed by atoms with E-state index in [-0.39, 0.29) is 11.4 Å². The van der Waals surface area contributed by atoms with E-state index in [9.17, 15) is 4.79 Å². The van der Waals surface area contributed by atoms with Gasteiger partial charge in [0.05, 0.1) is 16.9 Å². The summed E-state index contributed by atoms with van der Waals surface area (Å²) in [5.41, 5.74) is 7.54. The van der Waals surface area contributed by atoms with Crippen LogP contribution in [-0.4, -0.2) is 28.5 Å². The molecule has 30 heavy (non-hydrogen) atoms. The van der Waals surface area contributed by atoms with Gasteiger partial charge in [-0.1, -0.05) is 36.4 Å². The summed E-state index contributed by atoms with van der Waals surface area (Å²) in [6.07, 6.45) is 5.44. The van der Waals surface area contributed by atoms with Gasteiger partial charge in [0.25, 0.3) is 0 Å². The maximum absolute atomic E-state index is 12.8. The summed E-state index contributed by atoms with van der Waals surface area (Å²) < 4.78 is 2.36. The highest BCUT2D eigenvalue weighted by molar-refractivity contribution is 5.77. The first kappa shape index (κ1) is 19.0. The fraction of sp³-hybridized carbons (Fsp3) is 0.346. The standard InChI is InChI=1S/C26H29N3O/c1-19-10-12-22-25(20(19)2)29-16-6-9-23(29)26(27-22)14-17-28(18-15-26)24(30)13-11-21-7-4-3-5-8-21/h3-10,12,16,27H,11,13-15,17-18H2,1-2H3. The predicted octanol–water partition coefficient (Wildman–Crippen LogP) is 4.97. The normalized spacial score (nSPS) is 16.7. The molecule has 154 valence electrons. The second kappa shape index (κ2) is 7.35. The van der Waals surface area contributed by atoms with Crippen LogP contribution in [0, 0.1) is 13.8 Å². The zero-order valence-corrected chi connectivity index (χ0v) is 17.8. The molecule has 0 bridgehead atoms. The number of nitrogens with zero attached hydrogens (tertiary/aromatic N) is 2. The van der Waals surface area contributed by atoms with Crippen LogP contribution >= 0.6 is 0 Å². The lowest BCUT2D eigenvalue weighted by atomic mass is 9.81. The highest BCUT2D eigenvalue weighted by atomic mass is 16.2. The first-order valence-corrected chi connectivity index (χ1v) is 11.0. The number of amides is 1. The van der Waals surface area contributed by atoms with Crippen LogP contribution in [0.5, 0.6) is 0 Å². The largest absolute Gasteiger partial charge is 0.372 e. The first-order chi connectivity index (χ1) is 14.6. The summed E-state index contributed by atoms with van der Waals surface area (Å²) in [5, 5.41) is 3.88. The number of fused-ring (bicyclic) bond motifs is 4. The molecule has 0 unspecified atom stereocenters. The summed E-state index contributed by atoms with van der Waals surface area (Å²) in [4.78, 5) is 14.9. The smallest absolute Gasteiger partial charge is 0.222 e. The van der Waals surface area contributed by atoms with Gasteiger partial charge in [-0.15, -0.1) is 0 Å². The van der Waals surface area contributed by atoms with E-state index in [1.807, 2.05) is 18.2 Å². The minimum Gasteiger partial charge on any atom is -0.372 e. The maximum Gasteiger partial charge on any atom is 0.222 e. The molecule has 4 nitrogen and oxygen atoms in total. The van der Waals surface area contributed by atoms with E-state index in [1.54, 1.807) is 0 Å². The molecule has 4 heteroatoms. The molecule has 3 aromatic rings. The molecule has 1 spiro atoms. The van der Waals surface area contributed by atoms with Gasteiger partial charge in [-0.2, -0.15) is 0 Å². The number of rotatable bonds is 3. The zero-order valence-electron chi connectivity index (χ0n) is 17.8. The maximum atomic E-state index is 12.8. The number of piperidine rings is 1. The van der Waals surface area contributed by atoms with Crippen LogP contribution in [0.2, 0.25) is 0 Å². The van der Waals surface area contributed by atoms with E-state index < -0.39 is 0 Å². The van der Waals surface area contributed by atoms with E-state index in [4.69, 9.17) is 0 Å². The Labute approximate surface area is 178 Å². The Morgan fingerprint density at radius 1 is 1.00 bits per heavy atom. The van der Waals surface area contributed by atoms with Crippen LogP contribution in [-0.2, 0) is 16.8 Å². The van der Waals surface area contributed by atoms with E-state index in [0.29, 0.717) is 6.42 Å². The molecule has 1 fully saturated rings. The predicted molar refractivity (Wildman–Crippen MR) is 121 cm³/mol. The molecule has 3 heterocycles. The fourth-order valence-corrected chi connectivity index (χ4v) is 5.07. The summed E-state index contributed by atoms with van der Waals surface area (Å²) in [5.74, 6) is 0.270. The van der Waals surface area contributed by atoms with Crippen molar-refractivity contribution in [2.24, 2.45) is 0 Å². The number of benzene rings is 2. The number of carbonyl (C=O) groups is 1. The second-order valence-electron chi connectivity index (χ2n) is 8.74. The third-order valence-electron chi connectivity index (χ3n) is 7.00. The molecule has 2 aliphatic rings. The number of aryl methyl sites for hydroxylation is 2. The molecule has 1 aromatic heterocycles. The number of carbonyl (C=O) groups excluding carboxylic acids is 1. The molecule has 1 amide bonds. The van der Waals surface area contributed by atoms with Crippen LogP contribution in [0.3, 0.4) is 0 Å². The molecule has 2 aliphatic heterocycles. The lowest BCUT2D eigenvalue weighted by Crippen LogP contribution is -2.51. The van der Waals surface area contributed by atoms with Crippen molar-refractivity contribution in [1.82, 2.24) is 9.47 Å². The highest BCUT2D eigenvalue weighted by Crippen LogP contribution is 2.44. The van der Waals surface area contributed by atoms with Crippen molar-refractivity contribution >= 4 is 11.6 Å². The third-order valence-corrected chi connectivity index (χ3v) is 7.00. The lowest BCUT2D eigenvalue weighted by Gasteiger charge is -2.46. The number of likely N-dealkylation sites (tertiary alicyclic amines) is 1. The fourth-order valence-electron chi connectivity index (χ4n) is 5.07. The van der Waals surface area contributed by atoms with Gasteiger partial charge >= 0.3 is 0 Å². The number of hydrogen-bond donors (Lipinski definition) is 1. The number of hydrogen-bond acceptors (Lipinski definition) is 2. The average molecular weight is 400 g/mol. The molecular formula is C26H29N3O. The minimum absolute atomic E-state index is 0.103. The quantitative estimate of drug-likeness (QED) is 0.675. The van der Waals surface area contributed by atoms with Gasteiger partial charge in [0.15, 0.2) is 0 Å². The molecule has 1 N–H and O–H groups in total.